The van der Waals surface area contributed by atoms with Crippen LogP contribution in [0, 0.1) is 5.41 Å². The van der Waals surface area contributed by atoms with Gasteiger partial charge in [-0.3, -0.25) is 37.3 Å². The van der Waals surface area contributed by atoms with Crippen LogP contribution in [0.5, 0.6) is 0 Å². The van der Waals surface area contributed by atoms with Gasteiger partial charge in [0.05, 0.1) is 26.0 Å². The van der Waals surface area contributed by atoms with Crippen LogP contribution in [-0.2, 0) is 55.5 Å². The summed E-state index contributed by atoms with van der Waals surface area (Å²) < 4.78 is 62.4. The number of nitrogens with one attached hydrogen (secondary N) is 2. The lowest BCUT2D eigenvalue weighted by Crippen LogP contribution is -2.46. The largest absolute Gasteiger partial charge is 0.481 e. The van der Waals surface area contributed by atoms with E-state index in [-0.39, 0.29) is 66.0 Å². The molecule has 29 heteroatoms. The number of aliphatic hydroxyl groups is 2. The Morgan fingerprint density at radius 2 is 1.46 bits per heavy atom. The number of aliphatic hydroxyl groups excluding tert-OH is 2. The number of ketones is 1. The first-order chi connectivity index (χ1) is 34.9. The number of nitrogens with zero attached hydrogens (tertiary/aromatic N) is 4. The summed E-state index contributed by atoms with van der Waals surface area (Å²) in [5, 5.41) is 26.2. The highest BCUT2D eigenvalue weighted by molar-refractivity contribution is 8.13. The average molecular weight is 1120 g/mol. The first-order valence-corrected chi connectivity index (χ1v) is 29.3. The number of nitrogen functional groups attached to an aromatic ring is 1. The molecular weight excluding hydrogens is 1050 g/mol. The summed E-state index contributed by atoms with van der Waals surface area (Å²) in [5.41, 5.74) is 4.23. The predicted octanol–water partition coefficient (Wildman–Crippen LogP) is 5.33. The zero-order valence-electron chi connectivity index (χ0n) is 41.5. The third kappa shape index (κ3) is 24.7. The molecule has 0 saturated carbocycles. The molecule has 0 bridgehead atoms. The number of nitrogens with two attached hydrogens (primary N) is 1. The van der Waals surface area contributed by atoms with Crippen molar-refractivity contribution in [2.24, 2.45) is 5.41 Å². The Balaban J connectivity index is 1.28. The second-order valence-corrected chi connectivity index (χ2v) is 22.7. The highest BCUT2D eigenvalue weighted by Gasteiger charge is 2.50. The molecule has 74 heavy (non-hydrogen) atoms. The van der Waals surface area contributed by atoms with E-state index in [9.17, 15) is 62.7 Å². The molecule has 1 aliphatic rings. The van der Waals surface area contributed by atoms with Crippen LogP contribution in [0.15, 0.2) is 73.4 Å². The van der Waals surface area contributed by atoms with Gasteiger partial charge in [0.2, 0.25) is 11.8 Å². The van der Waals surface area contributed by atoms with E-state index >= 15 is 0 Å². The number of fused-ring (bicyclic) bond motifs is 1. The van der Waals surface area contributed by atoms with Crippen molar-refractivity contribution in [2.75, 3.05) is 37.8 Å². The van der Waals surface area contributed by atoms with E-state index in [2.05, 4.69) is 90.0 Å². The van der Waals surface area contributed by atoms with Gasteiger partial charge >= 0.3 is 23.5 Å². The van der Waals surface area contributed by atoms with E-state index in [0.29, 0.717) is 6.42 Å². The molecule has 414 valence electrons. The maximum atomic E-state index is 12.8. The van der Waals surface area contributed by atoms with E-state index in [0.717, 1.165) is 61.1 Å². The molecule has 10 N–H and O–H groups in total. The molecule has 25 nitrogen and oxygen atoms in total. The number of carbonyl (C=O) groups excluding carboxylic acids is 4. The molecule has 1 aliphatic heterocycles. The standard InChI is InChI=1S/C45H70N7O18P3S/c1-4-5-6-7-8-9-10-11-12-13-14-15-16-17-18-19-20-21-22-23-33(53)28-36(55)74-27-26-47-35(54)24-25-48-43(58)40(57)45(2,3)30-67-73(64,65)70-72(62,63)66-29-34-39(69-71(59,60)61)38(56)44(68-34)52-32-51-37-41(46)49-31-50-42(37)52/h8-9,11-12,14-15,17-18,20-21,31-32,34,38-40,44,56-57H,4-7,10,13,16,19,22-30H2,1-3H3,(H,47,54)(H,48,58)(H,62,63)(H,64,65)(H2,46,49,50)(H2,59,60,61)/b9-8-,12-11-,15-14-,18-17-,21-20-/t34-,38-,39-,40?,44-/m1/s1. The molecule has 2 aromatic rings. The highest BCUT2D eigenvalue weighted by atomic mass is 32.2. The molecule has 0 spiro atoms. The molecule has 3 heterocycles. The number of hydrogen-bond acceptors (Lipinski definition) is 19. The lowest BCUT2D eigenvalue weighted by Gasteiger charge is -2.30. The van der Waals surface area contributed by atoms with Crippen LogP contribution in [0.2, 0.25) is 0 Å². The predicted molar refractivity (Wildman–Crippen MR) is 274 cm³/mol. The van der Waals surface area contributed by atoms with E-state index in [1.165, 1.54) is 33.1 Å². The van der Waals surface area contributed by atoms with Gasteiger partial charge in [0.1, 0.15) is 42.0 Å². The number of ether oxygens (including phenoxy) is 1. The van der Waals surface area contributed by atoms with Crippen molar-refractivity contribution in [3.8, 4) is 0 Å². The molecule has 7 atom stereocenters. The van der Waals surface area contributed by atoms with Crippen molar-refractivity contribution in [3.63, 3.8) is 0 Å². The van der Waals surface area contributed by atoms with Crippen LogP contribution in [0.1, 0.15) is 104 Å². The number of carbonyl (C=O) groups is 4. The van der Waals surface area contributed by atoms with E-state index in [1.54, 1.807) is 0 Å². The quantitative estimate of drug-likeness (QED) is 0.0180. The van der Waals surface area contributed by atoms with Crippen molar-refractivity contribution in [1.29, 1.82) is 0 Å². The van der Waals surface area contributed by atoms with Crippen LogP contribution in [0.25, 0.3) is 11.2 Å². The summed E-state index contributed by atoms with van der Waals surface area (Å²) in [4.78, 5) is 101. The maximum Gasteiger partial charge on any atom is 0.481 e. The molecule has 1 saturated heterocycles. The number of thioether (sulfide) groups is 1. The summed E-state index contributed by atoms with van der Waals surface area (Å²) >= 11 is 0.905. The van der Waals surface area contributed by atoms with Gasteiger partial charge in [-0.1, -0.05) is 106 Å². The second-order valence-electron chi connectivity index (χ2n) is 17.3. The van der Waals surface area contributed by atoms with Gasteiger partial charge in [-0.15, -0.1) is 0 Å². The fourth-order valence-corrected chi connectivity index (χ4v) is 10.2. The Kier molecular flexibility index (Phi) is 28.2. The minimum atomic E-state index is -5.60. The Bertz CT molecular complexity index is 2430. The van der Waals surface area contributed by atoms with Crippen molar-refractivity contribution in [1.82, 2.24) is 30.2 Å². The maximum absolute atomic E-state index is 12.8. The number of imidazole rings is 1. The van der Waals surface area contributed by atoms with Gasteiger partial charge in [0.25, 0.3) is 0 Å². The Hall–Kier alpha value is -4.07. The topological polar surface area (TPSA) is 381 Å². The summed E-state index contributed by atoms with van der Waals surface area (Å²) in [6.07, 6.45) is 22.9. The summed E-state index contributed by atoms with van der Waals surface area (Å²) in [6.45, 7) is 2.48. The van der Waals surface area contributed by atoms with Crippen molar-refractivity contribution >= 4 is 74.9 Å². The monoisotopic (exact) mass is 1120 g/mol. The number of unbranched alkanes of at least 4 members (excludes halogenated alkanes) is 3. The van der Waals surface area contributed by atoms with Crippen molar-refractivity contribution < 1.29 is 85.3 Å². The molecule has 0 radical (unpaired) electrons. The fraction of sp³-hybridized carbons (Fsp3) is 0.578. The second kappa shape index (κ2) is 32.5. The number of amides is 2. The molecular formula is C45H70N7O18P3S. The van der Waals surface area contributed by atoms with Crippen molar-refractivity contribution in [2.45, 2.75) is 128 Å². The Labute approximate surface area is 434 Å². The number of aromatic nitrogens is 4. The van der Waals surface area contributed by atoms with E-state index < -0.39 is 84.6 Å². The van der Waals surface area contributed by atoms with E-state index in [1.807, 2.05) is 12.2 Å². The average Bonchev–Trinajstić information content (AvgIpc) is 3.89. The normalized spacial score (nSPS) is 19.8. The van der Waals surface area contributed by atoms with Crippen LogP contribution in [0.4, 0.5) is 5.82 Å². The number of anilines is 1. The Morgan fingerprint density at radius 3 is 2.08 bits per heavy atom. The van der Waals surface area contributed by atoms with Crippen LogP contribution in [0.3, 0.4) is 0 Å². The zero-order valence-corrected chi connectivity index (χ0v) is 45.0. The molecule has 3 rings (SSSR count). The zero-order chi connectivity index (χ0) is 54.8. The molecule has 2 amide bonds. The minimum absolute atomic E-state index is 0.0229. The molecule has 0 aromatic carbocycles. The van der Waals surface area contributed by atoms with Gasteiger partial charge in [0.15, 0.2) is 22.8 Å². The van der Waals surface area contributed by atoms with Crippen LogP contribution < -0.4 is 16.4 Å². The van der Waals surface area contributed by atoms with Gasteiger partial charge in [-0.25, -0.2) is 28.6 Å². The molecule has 3 unspecified atom stereocenters. The fourth-order valence-electron chi connectivity index (χ4n) is 6.67. The first kappa shape index (κ1) is 64.2. The lowest BCUT2D eigenvalue weighted by molar-refractivity contribution is -0.137. The van der Waals surface area contributed by atoms with Gasteiger partial charge in [-0.2, -0.15) is 4.31 Å². The summed E-state index contributed by atoms with van der Waals surface area (Å²) in [7, 11) is -16.5. The third-order valence-electron chi connectivity index (χ3n) is 10.6. The first-order valence-electron chi connectivity index (χ1n) is 23.8. The third-order valence-corrected chi connectivity index (χ3v) is 14.6. The van der Waals surface area contributed by atoms with Gasteiger partial charge in [-0.05, 0) is 44.9 Å². The van der Waals surface area contributed by atoms with Gasteiger partial charge < -0.3 is 50.9 Å². The molecule has 0 aliphatic carbocycles. The SMILES string of the molecule is CCCCC/C=C\C/C=C\C/C=C\C/C=C\C/C=C\CCC(=O)CC(=O)SCCNC(=O)CCNC(=O)C(O)C(C)(C)COP(=O)(O)OP(=O)(O)OC[C@H]1O[C@@H](n2cnc3c(N)ncnc32)[C@H](O)[C@@H]1OP(=O)(O)O. The molecule has 1 fully saturated rings. The van der Waals surface area contributed by atoms with Crippen molar-refractivity contribution in [3.05, 3.63) is 73.4 Å². The highest BCUT2D eigenvalue weighted by Crippen LogP contribution is 2.61. The van der Waals surface area contributed by atoms with E-state index in [4.69, 9.17) is 19.5 Å². The van der Waals surface area contributed by atoms with Crippen LogP contribution in [-0.4, -0.2) is 128 Å². The smallest absolute Gasteiger partial charge is 0.386 e. The van der Waals surface area contributed by atoms with Crippen LogP contribution >= 0.6 is 35.2 Å². The van der Waals surface area contributed by atoms with Gasteiger partial charge in [0, 0.05) is 37.1 Å². The Morgan fingerprint density at radius 1 is 0.851 bits per heavy atom. The number of phosphoric ester groups is 3. The summed E-state index contributed by atoms with van der Waals surface area (Å²) in [5.74, 6) is -1.54. The number of hydrogen-bond donors (Lipinski definition) is 9. The minimum Gasteiger partial charge on any atom is -0.386 e. The number of Topliss-reactive ketones (excluding diaryl/α,β-unsaturated/α-hetero) is 1. The number of rotatable bonds is 36. The lowest BCUT2D eigenvalue weighted by atomic mass is 9.87. The number of phosphoric acid groups is 3. The number of allylic oxidation sites excluding steroid dienone is 10. The molecule has 2 aromatic heterocycles. The summed E-state index contributed by atoms with van der Waals surface area (Å²) in [6, 6.07) is 0.